The summed E-state index contributed by atoms with van der Waals surface area (Å²) in [6, 6.07) is 8.58. The van der Waals surface area contributed by atoms with Crippen LogP contribution in [0.3, 0.4) is 0 Å². The third kappa shape index (κ3) is 2.84. The molecule has 0 bridgehead atoms. The fraction of sp³-hybridized carbons (Fsp3) is 0.400. The molecule has 1 rings (SSSR count). The van der Waals surface area contributed by atoms with E-state index in [2.05, 4.69) is 38.1 Å². The summed E-state index contributed by atoms with van der Waals surface area (Å²) < 4.78 is 0. The van der Waals surface area contributed by atoms with Crippen molar-refractivity contribution in [3.8, 4) is 0 Å². The van der Waals surface area contributed by atoms with Gasteiger partial charge >= 0.3 is 0 Å². The maximum absolute atomic E-state index is 5.86. The van der Waals surface area contributed by atoms with Crippen LogP contribution in [0, 0.1) is 6.92 Å². The van der Waals surface area contributed by atoms with Crippen molar-refractivity contribution in [2.24, 2.45) is 5.73 Å². The molecule has 1 aromatic carbocycles. The van der Waals surface area contributed by atoms with Crippen LogP contribution in [-0.2, 0) is 0 Å². The Morgan fingerprint density at radius 2 is 2.08 bits per heavy atom. The van der Waals surface area contributed by atoms with Gasteiger partial charge in [0, 0.05) is 6.04 Å². The van der Waals surface area contributed by atoms with E-state index < -0.39 is 0 Å². The van der Waals surface area contributed by atoms with Crippen LogP contribution in [0.1, 0.15) is 30.5 Å². The highest BCUT2D eigenvalue weighted by Gasteiger charge is 2.01. The summed E-state index contributed by atoms with van der Waals surface area (Å²) in [5.74, 6) is 0. The van der Waals surface area contributed by atoms with E-state index in [1.54, 1.807) is 0 Å². The van der Waals surface area contributed by atoms with Gasteiger partial charge in [-0.25, -0.2) is 0 Å². The Hall–Kier alpha value is -0.530. The lowest BCUT2D eigenvalue weighted by Gasteiger charge is -2.08. The van der Waals surface area contributed by atoms with Gasteiger partial charge in [0.05, 0.1) is 0 Å². The van der Waals surface area contributed by atoms with Gasteiger partial charge in [0.2, 0.25) is 0 Å². The molecule has 1 aromatic rings. The van der Waals surface area contributed by atoms with Crippen molar-refractivity contribution < 1.29 is 0 Å². The highest BCUT2D eigenvalue weighted by molar-refractivity contribution is 5.85. The fourth-order valence-corrected chi connectivity index (χ4v) is 1.14. The maximum atomic E-state index is 5.86. The first-order chi connectivity index (χ1) is 5.24. The molecule has 2 heteroatoms. The molecule has 0 unspecified atom stereocenters. The van der Waals surface area contributed by atoms with Crippen LogP contribution in [0.15, 0.2) is 24.3 Å². The van der Waals surface area contributed by atoms with Gasteiger partial charge in [-0.1, -0.05) is 36.8 Å². The zero-order chi connectivity index (χ0) is 8.27. The molecule has 12 heavy (non-hydrogen) atoms. The maximum Gasteiger partial charge on any atom is 0.0292 e. The summed E-state index contributed by atoms with van der Waals surface area (Å²) in [6.45, 7) is 4.19. The van der Waals surface area contributed by atoms with Crippen molar-refractivity contribution in [3.05, 3.63) is 35.4 Å². The van der Waals surface area contributed by atoms with Gasteiger partial charge in [-0.15, -0.1) is 12.4 Å². The van der Waals surface area contributed by atoms with Crippen molar-refractivity contribution in [2.75, 3.05) is 0 Å². The van der Waals surface area contributed by atoms with Crippen molar-refractivity contribution in [2.45, 2.75) is 26.3 Å². The predicted octanol–water partition coefficient (Wildman–Crippen LogP) is 2.83. The molecular formula is C10H16ClN. The minimum atomic E-state index is 0. The second kappa shape index (κ2) is 5.18. The normalized spacial score (nSPS) is 11.9. The van der Waals surface area contributed by atoms with E-state index in [0.29, 0.717) is 0 Å². The Labute approximate surface area is 80.4 Å². The molecule has 0 saturated heterocycles. The first kappa shape index (κ1) is 11.5. The van der Waals surface area contributed by atoms with Crippen LogP contribution >= 0.6 is 12.4 Å². The van der Waals surface area contributed by atoms with Crippen molar-refractivity contribution >= 4 is 12.4 Å². The number of aryl methyl sites for hydroxylation is 1. The number of hydrogen-bond acceptors (Lipinski definition) is 1. The highest BCUT2D eigenvalue weighted by Crippen LogP contribution is 2.14. The van der Waals surface area contributed by atoms with Crippen LogP contribution in [0.5, 0.6) is 0 Å². The second-order valence-electron chi connectivity index (χ2n) is 2.93. The fourth-order valence-electron chi connectivity index (χ4n) is 1.14. The SMILES string of the molecule is CC[C@H](N)c1cccc(C)c1.Cl. The molecule has 0 aliphatic heterocycles. The van der Waals surface area contributed by atoms with Crippen LogP contribution in [-0.4, -0.2) is 0 Å². The minimum absolute atomic E-state index is 0. The Morgan fingerprint density at radius 3 is 2.58 bits per heavy atom. The molecule has 1 atom stereocenters. The average Bonchev–Trinajstić information content (AvgIpc) is 2.03. The van der Waals surface area contributed by atoms with Gasteiger partial charge < -0.3 is 5.73 Å². The van der Waals surface area contributed by atoms with Gasteiger partial charge in [0.1, 0.15) is 0 Å². The molecule has 0 heterocycles. The third-order valence-corrected chi connectivity index (χ3v) is 1.91. The second-order valence-corrected chi connectivity index (χ2v) is 2.93. The third-order valence-electron chi connectivity index (χ3n) is 1.91. The summed E-state index contributed by atoms with van der Waals surface area (Å²) in [5, 5.41) is 0. The molecule has 0 saturated carbocycles. The molecule has 0 spiro atoms. The van der Waals surface area contributed by atoms with E-state index in [-0.39, 0.29) is 18.4 Å². The van der Waals surface area contributed by atoms with Gasteiger partial charge in [-0.2, -0.15) is 0 Å². The smallest absolute Gasteiger partial charge is 0.0292 e. The number of benzene rings is 1. The average molecular weight is 186 g/mol. The number of nitrogens with two attached hydrogens (primary N) is 1. The molecule has 2 N–H and O–H groups in total. The zero-order valence-electron chi connectivity index (χ0n) is 7.58. The number of halogens is 1. The molecule has 1 nitrogen and oxygen atoms in total. The molecular weight excluding hydrogens is 170 g/mol. The Bertz CT molecular complexity index is 235. The Balaban J connectivity index is 0.00000121. The lowest BCUT2D eigenvalue weighted by molar-refractivity contribution is 0.698. The minimum Gasteiger partial charge on any atom is -0.324 e. The standard InChI is InChI=1S/C10H15N.ClH/c1-3-10(11)9-6-4-5-8(2)7-9;/h4-7,10H,3,11H2,1-2H3;1H/t10-;/m0./s1. The first-order valence-corrected chi connectivity index (χ1v) is 4.06. The quantitative estimate of drug-likeness (QED) is 0.754. The molecule has 0 amide bonds. The van der Waals surface area contributed by atoms with E-state index in [1.807, 2.05) is 0 Å². The summed E-state index contributed by atoms with van der Waals surface area (Å²) in [7, 11) is 0. The number of rotatable bonds is 2. The monoisotopic (exact) mass is 185 g/mol. The highest BCUT2D eigenvalue weighted by atomic mass is 35.5. The molecule has 0 aliphatic carbocycles. The number of hydrogen-bond donors (Lipinski definition) is 1. The van der Waals surface area contributed by atoms with Crippen LogP contribution in [0.2, 0.25) is 0 Å². The summed E-state index contributed by atoms with van der Waals surface area (Å²) in [4.78, 5) is 0. The van der Waals surface area contributed by atoms with Crippen molar-refractivity contribution in [3.63, 3.8) is 0 Å². The molecule has 0 fully saturated rings. The topological polar surface area (TPSA) is 26.0 Å². The summed E-state index contributed by atoms with van der Waals surface area (Å²) in [6.07, 6.45) is 1.00. The molecule has 68 valence electrons. The lowest BCUT2D eigenvalue weighted by Crippen LogP contribution is -2.08. The lowest BCUT2D eigenvalue weighted by atomic mass is 10.0. The van der Waals surface area contributed by atoms with E-state index in [1.165, 1.54) is 11.1 Å². The van der Waals surface area contributed by atoms with Gasteiger partial charge in [-0.3, -0.25) is 0 Å². The van der Waals surface area contributed by atoms with Gasteiger partial charge in [0.25, 0.3) is 0 Å². The van der Waals surface area contributed by atoms with Gasteiger partial charge in [-0.05, 0) is 18.9 Å². The van der Waals surface area contributed by atoms with E-state index in [0.717, 1.165) is 6.42 Å². The van der Waals surface area contributed by atoms with Crippen LogP contribution in [0.25, 0.3) is 0 Å². The van der Waals surface area contributed by atoms with Gasteiger partial charge in [0.15, 0.2) is 0 Å². The Morgan fingerprint density at radius 1 is 1.42 bits per heavy atom. The molecule has 0 aliphatic rings. The zero-order valence-corrected chi connectivity index (χ0v) is 8.40. The summed E-state index contributed by atoms with van der Waals surface area (Å²) in [5.41, 5.74) is 8.39. The largest absolute Gasteiger partial charge is 0.324 e. The molecule has 0 radical (unpaired) electrons. The summed E-state index contributed by atoms with van der Waals surface area (Å²) >= 11 is 0. The van der Waals surface area contributed by atoms with Crippen molar-refractivity contribution in [1.82, 2.24) is 0 Å². The molecule has 0 aromatic heterocycles. The van der Waals surface area contributed by atoms with E-state index in [4.69, 9.17) is 5.73 Å². The van der Waals surface area contributed by atoms with E-state index in [9.17, 15) is 0 Å². The first-order valence-electron chi connectivity index (χ1n) is 4.06. The predicted molar refractivity (Wildman–Crippen MR) is 55.6 cm³/mol. The van der Waals surface area contributed by atoms with Crippen LogP contribution in [0.4, 0.5) is 0 Å². The van der Waals surface area contributed by atoms with Crippen molar-refractivity contribution in [1.29, 1.82) is 0 Å². The van der Waals surface area contributed by atoms with E-state index >= 15 is 0 Å². The Kier molecular flexibility index (Phi) is 4.95. The van der Waals surface area contributed by atoms with Crippen LogP contribution < -0.4 is 5.73 Å².